The van der Waals surface area contributed by atoms with Gasteiger partial charge < -0.3 is 9.64 Å². The first-order chi connectivity index (χ1) is 20.3. The number of allylic oxidation sites excluding steroid dienone is 6. The Morgan fingerprint density at radius 3 is 1.88 bits per heavy atom. The molecule has 0 saturated carbocycles. The molecule has 7 heteroatoms. The molecule has 2 bridgehead atoms. The Kier molecular flexibility index (Phi) is 13.4. The van der Waals surface area contributed by atoms with Gasteiger partial charge in [0.25, 0.3) is 0 Å². The number of piperidine rings is 1. The number of hydrogen-bond acceptors (Lipinski definition) is 4. The molecule has 1 aliphatic carbocycles. The van der Waals surface area contributed by atoms with E-state index in [1.165, 1.54) is 60.8 Å². The van der Waals surface area contributed by atoms with E-state index in [0.29, 0.717) is 23.6 Å². The van der Waals surface area contributed by atoms with Crippen LogP contribution in [0.2, 0.25) is 0 Å². The summed E-state index contributed by atoms with van der Waals surface area (Å²) in [6, 6.07) is 22.7. The number of benzene rings is 2. The van der Waals surface area contributed by atoms with Crippen LogP contribution in [0.4, 0.5) is 0 Å². The summed E-state index contributed by atoms with van der Waals surface area (Å²) in [5.41, 5.74) is 5.85. The number of fused-ring (bicyclic) bond motifs is 2. The van der Waals surface area contributed by atoms with E-state index in [2.05, 4.69) is 125 Å². The van der Waals surface area contributed by atoms with Gasteiger partial charge in [0.2, 0.25) is 0 Å². The van der Waals surface area contributed by atoms with E-state index in [1.807, 2.05) is 0 Å². The molecular formula is C36H51NO5S. The van der Waals surface area contributed by atoms with E-state index in [0.717, 1.165) is 12.8 Å². The molecule has 0 spiro atoms. The first kappa shape index (κ1) is 34.9. The maximum absolute atomic E-state index is 8.74. The fourth-order valence-corrected chi connectivity index (χ4v) is 6.07. The lowest BCUT2D eigenvalue weighted by molar-refractivity contribution is -0.0426. The summed E-state index contributed by atoms with van der Waals surface area (Å²) in [6.07, 6.45) is 19.6. The van der Waals surface area contributed by atoms with Crippen molar-refractivity contribution in [1.82, 2.24) is 4.90 Å². The van der Waals surface area contributed by atoms with Gasteiger partial charge in [-0.05, 0) is 88.8 Å². The van der Waals surface area contributed by atoms with Gasteiger partial charge in [-0.2, -0.15) is 8.42 Å². The first-order valence-electron chi connectivity index (χ1n) is 15.5. The number of rotatable bonds is 4. The normalized spacial score (nSPS) is 24.0. The van der Waals surface area contributed by atoms with E-state index < -0.39 is 10.4 Å². The second-order valence-electron chi connectivity index (χ2n) is 12.9. The van der Waals surface area contributed by atoms with Gasteiger partial charge in [0, 0.05) is 12.1 Å². The molecule has 5 rings (SSSR count). The Hall–Kier alpha value is -2.55. The summed E-state index contributed by atoms with van der Waals surface area (Å²) in [5, 5.41) is 0. The van der Waals surface area contributed by atoms with E-state index >= 15 is 0 Å². The van der Waals surface area contributed by atoms with Crippen molar-refractivity contribution >= 4 is 10.4 Å². The monoisotopic (exact) mass is 609 g/mol. The Balaban J connectivity index is 0.000000218. The molecular weight excluding hydrogens is 558 g/mol. The lowest BCUT2D eigenvalue weighted by atomic mass is 9.87. The smallest absolute Gasteiger partial charge is 0.365 e. The molecule has 2 aliphatic heterocycles. The number of ether oxygens (including phenoxy) is 1. The highest BCUT2D eigenvalue weighted by Gasteiger charge is 2.39. The maximum atomic E-state index is 8.74. The van der Waals surface area contributed by atoms with Crippen molar-refractivity contribution < 1.29 is 22.3 Å². The third-order valence-corrected chi connectivity index (χ3v) is 8.61. The van der Waals surface area contributed by atoms with E-state index in [-0.39, 0.29) is 6.10 Å². The van der Waals surface area contributed by atoms with Gasteiger partial charge in [-0.15, -0.1) is 0 Å². The average Bonchev–Trinajstić information content (AvgIpc) is 3.14. The van der Waals surface area contributed by atoms with E-state index in [9.17, 15) is 0 Å². The Morgan fingerprint density at radius 2 is 1.37 bits per heavy atom. The number of hydrogen-bond donors (Lipinski definition) is 2. The SMILES string of the molecule is CC1=CCCC(C)=CCC(C)(C)C=CC1.CN1C2CCC1CC(OC(c1ccccc1)c1ccccc1)C2.O=S(=O)(O)O. The summed E-state index contributed by atoms with van der Waals surface area (Å²) >= 11 is 0. The van der Waals surface area contributed by atoms with Crippen LogP contribution in [0, 0.1) is 5.41 Å². The van der Waals surface area contributed by atoms with Gasteiger partial charge in [-0.25, -0.2) is 0 Å². The third-order valence-electron chi connectivity index (χ3n) is 8.61. The molecule has 2 atom stereocenters. The minimum Gasteiger partial charge on any atom is -0.365 e. The molecule has 236 valence electrons. The van der Waals surface area contributed by atoms with E-state index in [4.69, 9.17) is 22.3 Å². The van der Waals surface area contributed by atoms with Crippen LogP contribution in [0.1, 0.15) is 96.3 Å². The van der Waals surface area contributed by atoms with E-state index in [1.54, 1.807) is 0 Å². The summed E-state index contributed by atoms with van der Waals surface area (Å²) in [7, 11) is -2.38. The van der Waals surface area contributed by atoms with Gasteiger partial charge in [0.1, 0.15) is 6.10 Å². The minimum atomic E-state index is -4.67. The number of nitrogens with zero attached hydrogens (tertiary/aromatic N) is 1. The molecule has 2 aromatic rings. The summed E-state index contributed by atoms with van der Waals surface area (Å²) in [4.78, 5) is 2.57. The predicted molar refractivity (Wildman–Crippen MR) is 176 cm³/mol. The molecule has 3 aliphatic rings. The van der Waals surface area contributed by atoms with Crippen molar-refractivity contribution in [1.29, 1.82) is 0 Å². The zero-order chi connectivity index (χ0) is 31.5. The minimum absolute atomic E-state index is 0.0465. The Labute approximate surface area is 260 Å². The molecule has 2 heterocycles. The average molecular weight is 610 g/mol. The zero-order valence-electron chi connectivity index (χ0n) is 26.5. The molecule has 2 fully saturated rings. The third kappa shape index (κ3) is 12.9. The lowest BCUT2D eigenvalue weighted by Crippen LogP contribution is -2.43. The van der Waals surface area contributed by atoms with Crippen molar-refractivity contribution in [3.8, 4) is 0 Å². The van der Waals surface area contributed by atoms with Gasteiger partial charge in [-0.1, -0.05) is 110 Å². The van der Waals surface area contributed by atoms with Crippen molar-refractivity contribution in [2.45, 2.75) is 103 Å². The van der Waals surface area contributed by atoms with Crippen molar-refractivity contribution in [3.63, 3.8) is 0 Å². The topological polar surface area (TPSA) is 87.1 Å². The van der Waals surface area contributed by atoms with Crippen molar-refractivity contribution in [3.05, 3.63) is 107 Å². The molecule has 6 nitrogen and oxygen atoms in total. The van der Waals surface area contributed by atoms with Crippen molar-refractivity contribution in [2.75, 3.05) is 7.05 Å². The Morgan fingerprint density at radius 1 is 0.860 bits per heavy atom. The summed E-state index contributed by atoms with van der Waals surface area (Å²) < 4.78 is 38.2. The van der Waals surface area contributed by atoms with Crippen LogP contribution in [0.3, 0.4) is 0 Å². The molecule has 2 saturated heterocycles. The van der Waals surface area contributed by atoms with Crippen LogP contribution in [0.5, 0.6) is 0 Å². The molecule has 0 radical (unpaired) electrons. The summed E-state index contributed by atoms with van der Waals surface area (Å²) in [5.74, 6) is 0. The van der Waals surface area contributed by atoms with Crippen LogP contribution in [-0.4, -0.2) is 47.7 Å². The molecule has 43 heavy (non-hydrogen) atoms. The fraction of sp³-hybridized carbons (Fsp3) is 0.500. The predicted octanol–water partition coefficient (Wildman–Crippen LogP) is 8.80. The molecule has 2 unspecified atom stereocenters. The highest BCUT2D eigenvalue weighted by molar-refractivity contribution is 7.79. The van der Waals surface area contributed by atoms with Gasteiger partial charge in [-0.3, -0.25) is 9.11 Å². The largest absolute Gasteiger partial charge is 0.394 e. The standard InChI is InChI=1S/C21H25NO.C15H24.H2O4S/c1-22-18-12-13-19(22)15-20(14-18)23-21(16-8-4-2-5-9-16)17-10-6-3-7-11-17;1-13-7-5-8-14(2)10-12-15(3,4)11-6-9-13;1-5(2,3)4/h2-11,18-21H,12-15H2,1H3;6-7,10-11H,5,8-9,12H2,1-4H3;(H2,1,2,3,4). The lowest BCUT2D eigenvalue weighted by Gasteiger charge is -2.38. The van der Waals surface area contributed by atoms with Crippen molar-refractivity contribution in [2.24, 2.45) is 5.41 Å². The van der Waals surface area contributed by atoms with Gasteiger partial charge in [0.05, 0.1) is 6.10 Å². The quantitative estimate of drug-likeness (QED) is 0.266. The molecule has 0 aromatic heterocycles. The Bertz CT molecular complexity index is 1260. The second kappa shape index (κ2) is 16.5. The van der Waals surface area contributed by atoms with Crippen LogP contribution < -0.4 is 0 Å². The summed E-state index contributed by atoms with van der Waals surface area (Å²) in [6.45, 7) is 9.10. The second-order valence-corrected chi connectivity index (χ2v) is 13.8. The van der Waals surface area contributed by atoms with Crippen LogP contribution >= 0.6 is 0 Å². The zero-order valence-corrected chi connectivity index (χ0v) is 27.3. The highest BCUT2D eigenvalue weighted by atomic mass is 32.3. The van der Waals surface area contributed by atoms with Crippen LogP contribution in [-0.2, 0) is 15.1 Å². The molecule has 0 amide bonds. The maximum Gasteiger partial charge on any atom is 0.394 e. The first-order valence-corrected chi connectivity index (χ1v) is 16.9. The van der Waals surface area contributed by atoms with Gasteiger partial charge in [0.15, 0.2) is 0 Å². The molecule has 2 N–H and O–H groups in total. The fourth-order valence-electron chi connectivity index (χ4n) is 6.07. The van der Waals surface area contributed by atoms with Gasteiger partial charge >= 0.3 is 10.4 Å². The van der Waals surface area contributed by atoms with Crippen LogP contribution in [0.25, 0.3) is 0 Å². The van der Waals surface area contributed by atoms with Crippen LogP contribution in [0.15, 0.2) is 96.1 Å². The molecule has 2 aromatic carbocycles. The highest BCUT2D eigenvalue weighted by Crippen LogP contribution is 2.38.